The summed E-state index contributed by atoms with van der Waals surface area (Å²) in [6.07, 6.45) is 3.81. The van der Waals surface area contributed by atoms with E-state index in [4.69, 9.17) is 5.73 Å². The number of hydrogen-bond donors (Lipinski definition) is 1. The van der Waals surface area contributed by atoms with Crippen molar-refractivity contribution < 1.29 is 0 Å². The predicted molar refractivity (Wildman–Crippen MR) is 73.7 cm³/mol. The first-order valence-electron chi connectivity index (χ1n) is 6.02. The summed E-state index contributed by atoms with van der Waals surface area (Å²) in [6.45, 7) is 2.56. The van der Waals surface area contributed by atoms with Crippen LogP contribution in [0.4, 0.5) is 0 Å². The van der Waals surface area contributed by atoms with E-state index in [0.29, 0.717) is 6.54 Å². The summed E-state index contributed by atoms with van der Waals surface area (Å²) in [7, 11) is 0. The SMILES string of the molecule is Cc1nccn1-c1ccc(CN)c2ccccc12. The second kappa shape index (κ2) is 4.27. The van der Waals surface area contributed by atoms with Crippen molar-refractivity contribution in [2.45, 2.75) is 13.5 Å². The Labute approximate surface area is 106 Å². The Hall–Kier alpha value is -2.13. The zero-order valence-corrected chi connectivity index (χ0v) is 10.3. The molecular formula is C15H15N3. The zero-order valence-electron chi connectivity index (χ0n) is 10.3. The van der Waals surface area contributed by atoms with Gasteiger partial charge in [0.15, 0.2) is 0 Å². The molecule has 0 amide bonds. The van der Waals surface area contributed by atoms with Crippen LogP contribution in [0.15, 0.2) is 48.8 Å². The number of aryl methyl sites for hydroxylation is 1. The second-order valence-electron chi connectivity index (χ2n) is 4.34. The van der Waals surface area contributed by atoms with Crippen LogP contribution < -0.4 is 5.73 Å². The maximum absolute atomic E-state index is 5.80. The summed E-state index contributed by atoms with van der Waals surface area (Å²) in [6, 6.07) is 12.6. The highest BCUT2D eigenvalue weighted by atomic mass is 15.1. The second-order valence-corrected chi connectivity index (χ2v) is 4.34. The molecule has 1 heterocycles. The van der Waals surface area contributed by atoms with Gasteiger partial charge in [-0.25, -0.2) is 4.98 Å². The van der Waals surface area contributed by atoms with E-state index in [0.717, 1.165) is 11.5 Å². The molecule has 2 aromatic carbocycles. The van der Waals surface area contributed by atoms with Gasteiger partial charge in [0.05, 0.1) is 5.69 Å². The van der Waals surface area contributed by atoms with E-state index < -0.39 is 0 Å². The first-order chi connectivity index (χ1) is 8.81. The lowest BCUT2D eigenvalue weighted by atomic mass is 10.0. The lowest BCUT2D eigenvalue weighted by Crippen LogP contribution is -2.01. The van der Waals surface area contributed by atoms with Gasteiger partial charge in [-0.1, -0.05) is 30.3 Å². The van der Waals surface area contributed by atoms with E-state index >= 15 is 0 Å². The van der Waals surface area contributed by atoms with Crippen LogP contribution in [-0.4, -0.2) is 9.55 Å². The number of nitrogens with zero attached hydrogens (tertiary/aromatic N) is 2. The molecule has 0 radical (unpaired) electrons. The summed E-state index contributed by atoms with van der Waals surface area (Å²) >= 11 is 0. The molecule has 0 spiro atoms. The Morgan fingerprint density at radius 2 is 1.89 bits per heavy atom. The lowest BCUT2D eigenvalue weighted by Gasteiger charge is -2.12. The number of rotatable bonds is 2. The van der Waals surface area contributed by atoms with E-state index in [-0.39, 0.29) is 0 Å². The van der Waals surface area contributed by atoms with Gasteiger partial charge in [-0.2, -0.15) is 0 Å². The van der Waals surface area contributed by atoms with E-state index in [1.54, 1.807) is 0 Å². The molecule has 3 aromatic rings. The van der Waals surface area contributed by atoms with Gasteiger partial charge < -0.3 is 10.3 Å². The fourth-order valence-corrected chi connectivity index (χ4v) is 2.37. The van der Waals surface area contributed by atoms with Gasteiger partial charge in [-0.15, -0.1) is 0 Å². The maximum Gasteiger partial charge on any atom is 0.110 e. The third-order valence-corrected chi connectivity index (χ3v) is 3.30. The number of fused-ring (bicyclic) bond motifs is 1. The molecule has 90 valence electrons. The van der Waals surface area contributed by atoms with Crippen molar-refractivity contribution in [1.29, 1.82) is 0 Å². The van der Waals surface area contributed by atoms with Crippen molar-refractivity contribution in [3.05, 3.63) is 60.2 Å². The van der Waals surface area contributed by atoms with E-state index in [9.17, 15) is 0 Å². The average Bonchev–Trinajstić information content (AvgIpc) is 2.83. The Morgan fingerprint density at radius 1 is 1.11 bits per heavy atom. The molecule has 0 aliphatic rings. The fraction of sp³-hybridized carbons (Fsp3) is 0.133. The first kappa shape index (κ1) is 11.0. The third-order valence-electron chi connectivity index (χ3n) is 3.30. The molecule has 18 heavy (non-hydrogen) atoms. The average molecular weight is 237 g/mol. The summed E-state index contributed by atoms with van der Waals surface area (Å²) in [5.74, 6) is 0.987. The van der Waals surface area contributed by atoms with Crippen molar-refractivity contribution in [2.75, 3.05) is 0 Å². The zero-order chi connectivity index (χ0) is 12.5. The minimum atomic E-state index is 0.559. The molecule has 2 N–H and O–H groups in total. The minimum absolute atomic E-state index is 0.559. The molecule has 3 rings (SSSR count). The molecule has 0 aliphatic heterocycles. The molecule has 0 atom stereocenters. The fourth-order valence-electron chi connectivity index (χ4n) is 2.37. The highest BCUT2D eigenvalue weighted by Gasteiger charge is 2.07. The number of benzene rings is 2. The van der Waals surface area contributed by atoms with E-state index in [2.05, 4.69) is 39.9 Å². The van der Waals surface area contributed by atoms with Crippen LogP contribution in [0.25, 0.3) is 16.5 Å². The van der Waals surface area contributed by atoms with Crippen LogP contribution in [0.1, 0.15) is 11.4 Å². The molecule has 1 aromatic heterocycles. The van der Waals surface area contributed by atoms with Crippen LogP contribution in [0.5, 0.6) is 0 Å². The Kier molecular flexibility index (Phi) is 2.61. The van der Waals surface area contributed by atoms with Gasteiger partial charge in [0.25, 0.3) is 0 Å². The van der Waals surface area contributed by atoms with Crippen LogP contribution in [0, 0.1) is 6.92 Å². The summed E-state index contributed by atoms with van der Waals surface area (Å²) in [5, 5.41) is 2.42. The smallest absolute Gasteiger partial charge is 0.110 e. The molecule has 0 aliphatic carbocycles. The van der Waals surface area contributed by atoms with Crippen LogP contribution in [-0.2, 0) is 6.54 Å². The van der Waals surface area contributed by atoms with Crippen molar-refractivity contribution in [1.82, 2.24) is 9.55 Å². The number of aromatic nitrogens is 2. The van der Waals surface area contributed by atoms with Gasteiger partial charge in [0.1, 0.15) is 5.82 Å². The van der Waals surface area contributed by atoms with E-state index in [1.165, 1.54) is 16.3 Å². The number of hydrogen-bond acceptors (Lipinski definition) is 2. The number of nitrogens with two attached hydrogens (primary N) is 1. The maximum atomic E-state index is 5.80. The highest BCUT2D eigenvalue weighted by Crippen LogP contribution is 2.26. The van der Waals surface area contributed by atoms with Gasteiger partial charge >= 0.3 is 0 Å². The lowest BCUT2D eigenvalue weighted by molar-refractivity contribution is 0.980. The van der Waals surface area contributed by atoms with E-state index in [1.807, 2.05) is 25.4 Å². The van der Waals surface area contributed by atoms with Crippen LogP contribution >= 0.6 is 0 Å². The predicted octanol–water partition coefficient (Wildman–Crippen LogP) is 2.79. The van der Waals surface area contributed by atoms with Gasteiger partial charge in [-0.05, 0) is 23.9 Å². The van der Waals surface area contributed by atoms with Crippen LogP contribution in [0.2, 0.25) is 0 Å². The van der Waals surface area contributed by atoms with Gasteiger partial charge in [0, 0.05) is 24.3 Å². The third kappa shape index (κ3) is 1.60. The molecule has 0 saturated carbocycles. The normalized spacial score (nSPS) is 11.0. The quantitative estimate of drug-likeness (QED) is 0.744. The largest absolute Gasteiger partial charge is 0.326 e. The van der Waals surface area contributed by atoms with Crippen molar-refractivity contribution >= 4 is 10.8 Å². The Morgan fingerprint density at radius 3 is 2.56 bits per heavy atom. The Bertz CT molecular complexity index is 698. The van der Waals surface area contributed by atoms with Crippen molar-refractivity contribution in [3.63, 3.8) is 0 Å². The number of imidazole rings is 1. The summed E-state index contributed by atoms with van der Waals surface area (Å²) in [5.41, 5.74) is 8.12. The van der Waals surface area contributed by atoms with Crippen molar-refractivity contribution in [2.24, 2.45) is 5.73 Å². The molecular weight excluding hydrogens is 222 g/mol. The summed E-state index contributed by atoms with van der Waals surface area (Å²) < 4.78 is 2.10. The molecule has 3 heteroatoms. The topological polar surface area (TPSA) is 43.8 Å². The standard InChI is InChI=1S/C15H15N3/c1-11-17-8-9-18(11)15-7-6-12(10-16)13-4-2-3-5-14(13)15/h2-9H,10,16H2,1H3. The monoisotopic (exact) mass is 237 g/mol. The highest BCUT2D eigenvalue weighted by molar-refractivity contribution is 5.92. The van der Waals surface area contributed by atoms with Crippen molar-refractivity contribution in [3.8, 4) is 5.69 Å². The molecule has 3 nitrogen and oxygen atoms in total. The van der Waals surface area contributed by atoms with Crippen LogP contribution in [0.3, 0.4) is 0 Å². The summed E-state index contributed by atoms with van der Waals surface area (Å²) in [4.78, 5) is 4.28. The molecule has 0 bridgehead atoms. The Balaban J connectivity index is 2.35. The molecule has 0 saturated heterocycles. The first-order valence-corrected chi connectivity index (χ1v) is 6.02. The van der Waals surface area contributed by atoms with Gasteiger partial charge in [-0.3, -0.25) is 0 Å². The minimum Gasteiger partial charge on any atom is -0.326 e. The van der Waals surface area contributed by atoms with Gasteiger partial charge in [0.2, 0.25) is 0 Å². The molecule has 0 unspecified atom stereocenters. The molecule has 0 fully saturated rings.